The fourth-order valence-corrected chi connectivity index (χ4v) is 5.40. The zero-order valence-corrected chi connectivity index (χ0v) is 22.6. The average molecular weight is 509 g/mol. The van der Waals surface area contributed by atoms with Gasteiger partial charge in [0.05, 0.1) is 0 Å². The molecule has 0 aromatic carbocycles. The van der Waals surface area contributed by atoms with Gasteiger partial charge in [-0.25, -0.2) is 9.78 Å². The minimum absolute atomic E-state index is 0.151. The van der Waals surface area contributed by atoms with E-state index in [1.165, 1.54) is 44.9 Å². The molecule has 1 amide bonds. The summed E-state index contributed by atoms with van der Waals surface area (Å²) in [5.74, 6) is 2.22. The second-order valence-electron chi connectivity index (χ2n) is 11.2. The van der Waals surface area contributed by atoms with Crippen molar-refractivity contribution in [3.63, 3.8) is 0 Å². The maximum atomic E-state index is 12.8. The highest BCUT2D eigenvalue weighted by Crippen LogP contribution is 2.29. The van der Waals surface area contributed by atoms with E-state index in [2.05, 4.69) is 20.6 Å². The number of amides is 1. The van der Waals surface area contributed by atoms with Crippen LogP contribution in [-0.2, 0) is 4.74 Å². The normalized spacial score (nSPS) is 21.5. The summed E-state index contributed by atoms with van der Waals surface area (Å²) in [7, 11) is 0. The van der Waals surface area contributed by atoms with Crippen LogP contribution in [0.5, 0.6) is 0 Å². The van der Waals surface area contributed by atoms with Crippen molar-refractivity contribution < 1.29 is 9.53 Å². The highest BCUT2D eigenvalue weighted by molar-refractivity contribution is 6.29. The smallest absolute Gasteiger partial charge is 0.410 e. The number of nitrogens with two attached hydrogens (primary N) is 1. The van der Waals surface area contributed by atoms with Crippen molar-refractivity contribution in [1.82, 2.24) is 20.2 Å². The van der Waals surface area contributed by atoms with Crippen LogP contribution in [-0.4, -0.2) is 58.8 Å². The Hall–Kier alpha value is -1.80. The number of nitrogen functional groups attached to an aromatic ring is 1. The van der Waals surface area contributed by atoms with E-state index in [0.29, 0.717) is 34.8 Å². The van der Waals surface area contributed by atoms with Gasteiger partial charge in [0.15, 0.2) is 0 Å². The van der Waals surface area contributed by atoms with Crippen molar-refractivity contribution in [2.75, 3.05) is 37.2 Å². The Morgan fingerprint density at radius 2 is 1.74 bits per heavy atom. The molecule has 2 aliphatic carbocycles. The number of hydrogen-bond donors (Lipinski definition) is 3. The molecule has 2 fully saturated rings. The fourth-order valence-electron chi connectivity index (χ4n) is 5.21. The average Bonchev–Trinajstić information content (AvgIpc) is 2.79. The molecule has 0 unspecified atom stereocenters. The molecule has 2 saturated carbocycles. The largest absolute Gasteiger partial charge is 0.444 e. The molecule has 0 saturated heterocycles. The Morgan fingerprint density at radius 1 is 1.09 bits per heavy atom. The SMILES string of the molecule is CC(C)(C)OC(=O)N(CCCNC[C@H]1CC[C@@H](CNc2nc(N)cc(Cl)n2)CC1)C1CCCCC1. The van der Waals surface area contributed by atoms with E-state index in [0.717, 1.165) is 45.4 Å². The minimum atomic E-state index is -0.453. The summed E-state index contributed by atoms with van der Waals surface area (Å²) in [5.41, 5.74) is 5.29. The van der Waals surface area contributed by atoms with Gasteiger partial charge in [-0.15, -0.1) is 0 Å². The monoisotopic (exact) mass is 508 g/mol. The number of nitrogens with one attached hydrogen (secondary N) is 2. The summed E-state index contributed by atoms with van der Waals surface area (Å²) >= 11 is 5.96. The third kappa shape index (κ3) is 10.00. The summed E-state index contributed by atoms with van der Waals surface area (Å²) in [6.45, 7) is 9.42. The number of carbonyl (C=O) groups excluding carboxylic acids is 1. The molecule has 1 aromatic rings. The number of aromatic nitrogens is 2. The second kappa shape index (κ2) is 13.5. The van der Waals surface area contributed by atoms with Crippen LogP contribution in [0.2, 0.25) is 5.15 Å². The van der Waals surface area contributed by atoms with E-state index >= 15 is 0 Å². The Morgan fingerprint density at radius 3 is 2.37 bits per heavy atom. The van der Waals surface area contributed by atoms with Crippen molar-refractivity contribution in [1.29, 1.82) is 0 Å². The Balaban J connectivity index is 1.32. The van der Waals surface area contributed by atoms with Gasteiger partial charge in [0.1, 0.15) is 16.6 Å². The summed E-state index contributed by atoms with van der Waals surface area (Å²) in [5, 5.41) is 7.29. The lowest BCUT2D eigenvalue weighted by molar-refractivity contribution is 0.0119. The summed E-state index contributed by atoms with van der Waals surface area (Å²) in [6.07, 6.45) is 11.5. The topological polar surface area (TPSA) is 105 Å². The molecule has 0 aliphatic heterocycles. The zero-order valence-electron chi connectivity index (χ0n) is 21.8. The van der Waals surface area contributed by atoms with Crippen LogP contribution in [0.25, 0.3) is 0 Å². The number of rotatable bonds is 10. The molecule has 35 heavy (non-hydrogen) atoms. The molecule has 9 heteroatoms. The van der Waals surface area contributed by atoms with E-state index in [1.54, 1.807) is 6.07 Å². The first-order chi connectivity index (χ1) is 16.7. The molecule has 0 bridgehead atoms. The molecule has 4 N–H and O–H groups in total. The molecule has 0 atom stereocenters. The molecule has 8 nitrogen and oxygen atoms in total. The maximum Gasteiger partial charge on any atom is 0.410 e. The quantitative estimate of drug-likeness (QED) is 0.284. The lowest BCUT2D eigenvalue weighted by Crippen LogP contribution is -2.45. The van der Waals surface area contributed by atoms with Crippen LogP contribution >= 0.6 is 11.6 Å². The van der Waals surface area contributed by atoms with Crippen molar-refractivity contribution >= 4 is 29.5 Å². The number of anilines is 2. The van der Waals surface area contributed by atoms with Gasteiger partial charge in [-0.2, -0.15) is 4.98 Å². The fraction of sp³-hybridized carbons (Fsp3) is 0.808. The van der Waals surface area contributed by atoms with Crippen LogP contribution in [0, 0.1) is 11.8 Å². The summed E-state index contributed by atoms with van der Waals surface area (Å²) in [4.78, 5) is 23.2. The highest BCUT2D eigenvalue weighted by atomic mass is 35.5. The van der Waals surface area contributed by atoms with Gasteiger partial charge < -0.3 is 26.0 Å². The molecule has 1 aromatic heterocycles. The number of ether oxygens (including phenoxy) is 1. The molecular formula is C26H45ClN6O2. The van der Waals surface area contributed by atoms with Crippen molar-refractivity contribution in [2.24, 2.45) is 11.8 Å². The number of nitrogens with zero attached hydrogens (tertiary/aromatic N) is 3. The van der Waals surface area contributed by atoms with E-state index in [4.69, 9.17) is 22.1 Å². The molecular weight excluding hydrogens is 464 g/mol. The molecule has 2 aliphatic rings. The van der Waals surface area contributed by atoms with Crippen LogP contribution < -0.4 is 16.4 Å². The lowest BCUT2D eigenvalue weighted by Gasteiger charge is -2.35. The third-order valence-corrected chi connectivity index (χ3v) is 7.25. The van der Waals surface area contributed by atoms with Gasteiger partial charge >= 0.3 is 6.09 Å². The standard InChI is InChI=1S/C26H45ClN6O2/c1-26(2,3)35-25(34)33(21-8-5-4-6-9-21)15-7-14-29-17-19-10-12-20(13-11-19)18-30-24-31-22(27)16-23(28)32-24/h16,19-21,29H,4-15,17-18H2,1-3H3,(H3,28,30,31,32)/t19-,20+. The highest BCUT2D eigenvalue weighted by Gasteiger charge is 2.29. The molecule has 1 heterocycles. The molecule has 0 spiro atoms. The van der Waals surface area contributed by atoms with Gasteiger partial charge in [-0.05, 0) is 90.6 Å². The molecule has 0 radical (unpaired) electrons. The Kier molecular flexibility index (Phi) is 10.7. The number of hydrogen-bond acceptors (Lipinski definition) is 7. The first-order valence-electron chi connectivity index (χ1n) is 13.4. The third-order valence-electron chi connectivity index (χ3n) is 7.06. The second-order valence-corrected chi connectivity index (χ2v) is 11.6. The van der Waals surface area contributed by atoms with E-state index in [9.17, 15) is 4.79 Å². The Bertz CT molecular complexity index is 768. The predicted octanol–water partition coefficient (Wildman–Crippen LogP) is 5.48. The van der Waals surface area contributed by atoms with Crippen molar-refractivity contribution in [3.8, 4) is 0 Å². The predicted molar refractivity (Wildman–Crippen MR) is 143 cm³/mol. The van der Waals surface area contributed by atoms with Gasteiger partial charge in [0.2, 0.25) is 5.95 Å². The lowest BCUT2D eigenvalue weighted by atomic mass is 9.82. The van der Waals surface area contributed by atoms with Gasteiger partial charge in [-0.3, -0.25) is 0 Å². The van der Waals surface area contributed by atoms with Gasteiger partial charge in [-0.1, -0.05) is 30.9 Å². The van der Waals surface area contributed by atoms with E-state index < -0.39 is 5.60 Å². The summed E-state index contributed by atoms with van der Waals surface area (Å²) < 4.78 is 5.72. The summed E-state index contributed by atoms with van der Waals surface area (Å²) in [6, 6.07) is 1.88. The molecule has 198 valence electrons. The first-order valence-corrected chi connectivity index (χ1v) is 13.8. The van der Waals surface area contributed by atoms with Crippen molar-refractivity contribution in [3.05, 3.63) is 11.2 Å². The van der Waals surface area contributed by atoms with E-state index in [1.807, 2.05) is 25.7 Å². The van der Waals surface area contributed by atoms with Crippen LogP contribution in [0.15, 0.2) is 6.07 Å². The zero-order chi connectivity index (χ0) is 25.3. The van der Waals surface area contributed by atoms with Crippen LogP contribution in [0.4, 0.5) is 16.6 Å². The minimum Gasteiger partial charge on any atom is -0.444 e. The first kappa shape index (κ1) is 27.8. The molecule has 3 rings (SSSR count). The van der Waals surface area contributed by atoms with Crippen molar-refractivity contribution in [2.45, 2.75) is 96.6 Å². The number of halogens is 1. The van der Waals surface area contributed by atoms with Crippen LogP contribution in [0.3, 0.4) is 0 Å². The number of carbonyl (C=O) groups is 1. The maximum absolute atomic E-state index is 12.8. The van der Waals surface area contributed by atoms with Gasteiger partial charge in [0, 0.05) is 25.2 Å². The Labute approximate surface area is 216 Å². The van der Waals surface area contributed by atoms with E-state index in [-0.39, 0.29) is 6.09 Å². The van der Waals surface area contributed by atoms with Gasteiger partial charge in [0.25, 0.3) is 0 Å². The van der Waals surface area contributed by atoms with Crippen LogP contribution in [0.1, 0.15) is 85.0 Å².